The van der Waals surface area contributed by atoms with Crippen LogP contribution in [0, 0.1) is 18.6 Å². The molecule has 4 heterocycles. The van der Waals surface area contributed by atoms with Crippen LogP contribution in [0.2, 0.25) is 0 Å². The number of rotatable bonds is 10. The predicted octanol–water partition coefficient (Wildman–Crippen LogP) is 5.57. The van der Waals surface area contributed by atoms with Crippen molar-refractivity contribution in [2.24, 2.45) is 5.73 Å². The van der Waals surface area contributed by atoms with Crippen LogP contribution in [0.3, 0.4) is 0 Å². The van der Waals surface area contributed by atoms with Gasteiger partial charge >= 0.3 is 0 Å². The second-order valence-corrected chi connectivity index (χ2v) is 12.3. The van der Waals surface area contributed by atoms with Crippen molar-refractivity contribution in [3.05, 3.63) is 94.8 Å². The molecule has 0 aliphatic carbocycles. The van der Waals surface area contributed by atoms with Gasteiger partial charge in [0.1, 0.15) is 41.3 Å². The van der Waals surface area contributed by atoms with E-state index in [9.17, 15) is 13.6 Å². The molecule has 2 aromatic carbocycles. The molecule has 1 unspecified atom stereocenters. The molecule has 1 amide bonds. The zero-order chi connectivity index (χ0) is 32.8. The molecule has 0 spiro atoms. The summed E-state index contributed by atoms with van der Waals surface area (Å²) in [5.41, 5.74) is 8.28. The second-order valence-electron chi connectivity index (χ2n) is 12.3. The minimum atomic E-state index is -0.894. The molecule has 0 radical (unpaired) electrons. The first kappa shape index (κ1) is 30.9. The third kappa shape index (κ3) is 5.71. The molecular weight excluding hydrogens is 592 g/mol. The molecule has 3 aromatic heterocycles. The Morgan fingerprint density at radius 1 is 1.04 bits per heavy atom. The highest BCUT2D eigenvalue weighted by Gasteiger charge is 2.43. The van der Waals surface area contributed by atoms with Gasteiger partial charge in [-0.15, -0.1) is 0 Å². The number of amides is 1. The Hall–Kier alpha value is -5.10. The molecule has 4 N–H and O–H groups in total. The number of nitrogens with zero attached hydrogens (tertiary/aromatic N) is 4. The first-order valence-corrected chi connectivity index (χ1v) is 14.8. The van der Waals surface area contributed by atoms with E-state index >= 15 is 0 Å². The van der Waals surface area contributed by atoms with E-state index in [4.69, 9.17) is 30.2 Å². The van der Waals surface area contributed by atoms with Gasteiger partial charge in [-0.3, -0.25) is 9.20 Å². The summed E-state index contributed by atoms with van der Waals surface area (Å²) in [6.07, 6.45) is 2.36. The Morgan fingerprint density at radius 2 is 1.76 bits per heavy atom. The lowest BCUT2D eigenvalue weighted by atomic mass is 9.86. The van der Waals surface area contributed by atoms with Crippen LogP contribution < -0.4 is 25.8 Å². The van der Waals surface area contributed by atoms with Gasteiger partial charge in [0.15, 0.2) is 17.2 Å². The van der Waals surface area contributed by atoms with Crippen molar-refractivity contribution in [3.63, 3.8) is 0 Å². The van der Waals surface area contributed by atoms with Crippen LogP contribution in [0.25, 0.3) is 17.2 Å². The number of nitrogens with two attached hydrogens (primary N) is 1. The molecule has 1 atom stereocenters. The molecule has 5 aromatic rings. The Bertz CT molecular complexity index is 1940. The summed E-state index contributed by atoms with van der Waals surface area (Å²) in [7, 11) is 1.62. The van der Waals surface area contributed by atoms with Crippen molar-refractivity contribution >= 4 is 23.2 Å². The SMILES string of the molecule is COc1ccc(CC(C)(N)CNc2nc(-c3c(C)nc4c(OCc5c(F)cccc5F)cccn34)nc3c2C(C)(C)C(=O)N3)cc1. The van der Waals surface area contributed by atoms with Crippen LogP contribution in [0.5, 0.6) is 11.5 Å². The number of ether oxygens (including phenoxy) is 2. The van der Waals surface area contributed by atoms with E-state index < -0.39 is 22.6 Å². The number of halogens is 2. The van der Waals surface area contributed by atoms with Crippen molar-refractivity contribution < 1.29 is 23.0 Å². The molecule has 1 aliphatic heterocycles. The van der Waals surface area contributed by atoms with Gasteiger partial charge in [0.05, 0.1) is 29.3 Å². The molecule has 0 saturated carbocycles. The van der Waals surface area contributed by atoms with E-state index in [0.29, 0.717) is 58.8 Å². The Kier molecular flexibility index (Phi) is 7.85. The molecule has 46 heavy (non-hydrogen) atoms. The molecule has 238 valence electrons. The van der Waals surface area contributed by atoms with E-state index in [1.54, 1.807) is 36.8 Å². The summed E-state index contributed by atoms with van der Waals surface area (Å²) in [5.74, 6) is 0.699. The lowest BCUT2D eigenvalue weighted by Gasteiger charge is -2.27. The van der Waals surface area contributed by atoms with Crippen molar-refractivity contribution in [2.45, 2.75) is 51.7 Å². The van der Waals surface area contributed by atoms with Crippen molar-refractivity contribution in [3.8, 4) is 23.0 Å². The third-order valence-electron chi connectivity index (χ3n) is 8.19. The van der Waals surface area contributed by atoms with Crippen LogP contribution in [0.15, 0.2) is 60.8 Å². The number of hydrogen-bond donors (Lipinski definition) is 3. The normalized spacial score (nSPS) is 14.9. The van der Waals surface area contributed by atoms with Crippen molar-refractivity contribution in [2.75, 3.05) is 24.3 Å². The quantitative estimate of drug-likeness (QED) is 0.183. The number of carbonyl (C=O) groups is 1. The van der Waals surface area contributed by atoms with Crippen LogP contribution in [-0.4, -0.2) is 44.5 Å². The number of hydrogen-bond acceptors (Lipinski definition) is 8. The molecule has 0 bridgehead atoms. The maximum Gasteiger partial charge on any atom is 0.235 e. The largest absolute Gasteiger partial charge is 0.497 e. The number of fused-ring (bicyclic) bond motifs is 2. The summed E-state index contributed by atoms with van der Waals surface area (Å²) in [6.45, 7) is 7.43. The highest BCUT2D eigenvalue weighted by Crippen LogP contribution is 2.42. The summed E-state index contributed by atoms with van der Waals surface area (Å²) >= 11 is 0. The summed E-state index contributed by atoms with van der Waals surface area (Å²) in [5, 5.41) is 6.32. The summed E-state index contributed by atoms with van der Waals surface area (Å²) < 4.78 is 41.4. The lowest BCUT2D eigenvalue weighted by Crippen LogP contribution is -2.45. The smallest absolute Gasteiger partial charge is 0.235 e. The first-order valence-electron chi connectivity index (χ1n) is 14.8. The lowest BCUT2D eigenvalue weighted by molar-refractivity contribution is -0.119. The monoisotopic (exact) mass is 627 g/mol. The second kappa shape index (κ2) is 11.7. The number of methoxy groups -OCH3 is 1. The number of anilines is 2. The van der Waals surface area contributed by atoms with Crippen LogP contribution >= 0.6 is 0 Å². The Labute approximate surface area is 265 Å². The first-order chi connectivity index (χ1) is 21.9. The average Bonchev–Trinajstić information content (AvgIpc) is 3.47. The minimum absolute atomic E-state index is 0.178. The van der Waals surface area contributed by atoms with Gasteiger partial charge in [0, 0.05) is 18.3 Å². The molecule has 6 rings (SSSR count). The van der Waals surface area contributed by atoms with Gasteiger partial charge in [0.2, 0.25) is 5.91 Å². The number of aryl methyl sites for hydroxylation is 1. The maximum atomic E-state index is 14.3. The average molecular weight is 628 g/mol. The number of pyridine rings is 1. The zero-order valence-corrected chi connectivity index (χ0v) is 26.2. The number of benzene rings is 2. The van der Waals surface area contributed by atoms with Gasteiger partial charge in [-0.1, -0.05) is 18.2 Å². The molecule has 0 saturated heterocycles. The van der Waals surface area contributed by atoms with E-state index in [1.807, 2.05) is 45.0 Å². The van der Waals surface area contributed by atoms with E-state index in [2.05, 4.69) is 10.6 Å². The number of aromatic nitrogens is 4. The van der Waals surface area contributed by atoms with Gasteiger partial charge in [-0.25, -0.2) is 23.7 Å². The van der Waals surface area contributed by atoms with Crippen LogP contribution in [0.4, 0.5) is 20.4 Å². The standard InChI is InChI=1S/C34H35F2N7O3/c1-19-27(43-15-7-10-25(31(43)39-19)46-17-22-23(35)8-6-9-24(22)36)30-40-28(26-29(41-30)42-32(44)33(26,2)3)38-18-34(4,37)16-20-11-13-21(45-5)14-12-20/h6-15H,16-18,37H2,1-5H3,(H2,38,40,41,42,44). The number of nitrogens with one attached hydrogen (secondary N) is 2. The van der Waals surface area contributed by atoms with E-state index in [1.165, 1.54) is 18.2 Å². The summed E-state index contributed by atoms with van der Waals surface area (Å²) in [4.78, 5) is 27.4. The highest BCUT2D eigenvalue weighted by atomic mass is 19.1. The van der Waals surface area contributed by atoms with E-state index in [-0.39, 0.29) is 18.1 Å². The van der Waals surface area contributed by atoms with Gasteiger partial charge in [-0.05, 0) is 76.1 Å². The molecule has 10 nitrogen and oxygen atoms in total. The summed E-state index contributed by atoms with van der Waals surface area (Å²) in [6, 6.07) is 14.8. The topological polar surface area (TPSA) is 129 Å². The zero-order valence-electron chi connectivity index (χ0n) is 26.2. The van der Waals surface area contributed by atoms with Crippen LogP contribution in [-0.2, 0) is 23.2 Å². The van der Waals surface area contributed by atoms with Gasteiger partial charge in [-0.2, -0.15) is 0 Å². The fourth-order valence-electron chi connectivity index (χ4n) is 5.67. The van der Waals surface area contributed by atoms with Crippen molar-refractivity contribution in [1.29, 1.82) is 0 Å². The van der Waals surface area contributed by atoms with Crippen LogP contribution in [0.1, 0.15) is 43.2 Å². The number of imidazole rings is 1. The third-order valence-corrected chi connectivity index (χ3v) is 8.19. The minimum Gasteiger partial charge on any atom is -0.497 e. The molecule has 12 heteroatoms. The molecular formula is C34H35F2N7O3. The van der Waals surface area contributed by atoms with E-state index in [0.717, 1.165) is 11.3 Å². The fourth-order valence-corrected chi connectivity index (χ4v) is 5.67. The molecule has 1 aliphatic rings. The molecule has 0 fully saturated rings. The van der Waals surface area contributed by atoms with Gasteiger partial charge in [0.25, 0.3) is 0 Å². The van der Waals surface area contributed by atoms with Crippen molar-refractivity contribution in [1.82, 2.24) is 19.4 Å². The maximum absolute atomic E-state index is 14.3. The predicted molar refractivity (Wildman–Crippen MR) is 171 cm³/mol. The Morgan fingerprint density at radius 3 is 2.46 bits per heavy atom. The van der Waals surface area contributed by atoms with Gasteiger partial charge < -0.3 is 25.8 Å². The highest BCUT2D eigenvalue weighted by molar-refractivity contribution is 6.06. The number of carbonyl (C=O) groups excluding carboxylic acids is 1. The Balaban J connectivity index is 1.34. The fraction of sp³-hybridized carbons (Fsp3) is 0.294.